The molecule has 0 bridgehead atoms. The van der Waals surface area contributed by atoms with E-state index in [4.69, 9.17) is 5.73 Å². The summed E-state index contributed by atoms with van der Waals surface area (Å²) in [6.45, 7) is 4.39. The van der Waals surface area contributed by atoms with Crippen molar-refractivity contribution in [2.24, 2.45) is 0 Å². The van der Waals surface area contributed by atoms with E-state index in [0.29, 0.717) is 5.69 Å². The van der Waals surface area contributed by atoms with Crippen LogP contribution >= 0.6 is 0 Å². The molecule has 0 amide bonds. The number of hydrogen-bond donors (Lipinski definition) is 1. The average molecular weight is 190 g/mol. The summed E-state index contributed by atoms with van der Waals surface area (Å²) in [6, 6.07) is 1.48. The molecule has 3 heteroatoms. The van der Waals surface area contributed by atoms with Crippen LogP contribution in [0.4, 0.5) is 5.69 Å². The summed E-state index contributed by atoms with van der Waals surface area (Å²) in [7, 11) is 0. The molecule has 2 N–H and O–H groups in total. The van der Waals surface area contributed by atoms with E-state index >= 15 is 0 Å². The Morgan fingerprint density at radius 2 is 2.36 bits per heavy atom. The Morgan fingerprint density at radius 3 is 3.00 bits per heavy atom. The number of aromatic nitrogens is 1. The second kappa shape index (κ2) is 5.07. The average Bonchev–Trinajstić information content (AvgIpc) is 2.18. The van der Waals surface area contributed by atoms with Gasteiger partial charge in [-0.15, -0.1) is 0 Å². The van der Waals surface area contributed by atoms with E-state index < -0.39 is 0 Å². The van der Waals surface area contributed by atoms with Crippen molar-refractivity contribution in [2.45, 2.75) is 13.0 Å². The highest BCUT2D eigenvalue weighted by atomic mass is 16.1. The third kappa shape index (κ3) is 2.94. The molecule has 0 unspecified atom stereocenters. The van der Waals surface area contributed by atoms with Gasteiger partial charge in [-0.25, -0.2) is 0 Å². The first-order valence-electron chi connectivity index (χ1n) is 4.47. The SMILES string of the molecule is C=C/C=C/CCn1ccc(=O)c(N)c1. The lowest BCUT2D eigenvalue weighted by molar-refractivity contribution is 0.705. The number of allylic oxidation sites excluding steroid dienone is 3. The van der Waals surface area contributed by atoms with E-state index in [2.05, 4.69) is 6.58 Å². The van der Waals surface area contributed by atoms with Crippen molar-refractivity contribution in [1.29, 1.82) is 0 Å². The van der Waals surface area contributed by atoms with Crippen molar-refractivity contribution in [2.75, 3.05) is 5.73 Å². The van der Waals surface area contributed by atoms with Gasteiger partial charge in [-0.3, -0.25) is 4.79 Å². The highest BCUT2D eigenvalue weighted by molar-refractivity contribution is 5.33. The second-order valence-corrected chi connectivity index (χ2v) is 2.95. The number of pyridine rings is 1. The molecule has 0 aliphatic carbocycles. The number of hydrogen-bond acceptors (Lipinski definition) is 2. The molecule has 0 atom stereocenters. The Balaban J connectivity index is 2.60. The van der Waals surface area contributed by atoms with Crippen LogP contribution in [0.15, 0.2) is 48.1 Å². The van der Waals surface area contributed by atoms with Crippen LogP contribution < -0.4 is 11.2 Å². The van der Waals surface area contributed by atoms with E-state index in [1.165, 1.54) is 6.07 Å². The van der Waals surface area contributed by atoms with Crippen LogP contribution in [0.25, 0.3) is 0 Å². The normalized spacial score (nSPS) is 10.6. The predicted molar refractivity (Wildman–Crippen MR) is 59.1 cm³/mol. The van der Waals surface area contributed by atoms with Crippen molar-refractivity contribution in [1.82, 2.24) is 4.57 Å². The first kappa shape index (κ1) is 10.3. The van der Waals surface area contributed by atoms with E-state index in [1.54, 1.807) is 18.5 Å². The quantitative estimate of drug-likeness (QED) is 0.732. The smallest absolute Gasteiger partial charge is 0.204 e. The maximum absolute atomic E-state index is 11.0. The third-order valence-electron chi connectivity index (χ3n) is 1.83. The van der Waals surface area contributed by atoms with Crippen LogP contribution in [0.3, 0.4) is 0 Å². The number of rotatable bonds is 4. The minimum Gasteiger partial charge on any atom is -0.394 e. The minimum atomic E-state index is -0.122. The Bertz CT molecular complexity index is 391. The summed E-state index contributed by atoms with van der Waals surface area (Å²) in [6.07, 6.45) is 9.94. The zero-order valence-corrected chi connectivity index (χ0v) is 8.02. The van der Waals surface area contributed by atoms with Gasteiger partial charge in [0, 0.05) is 25.0 Å². The number of nitrogens with zero attached hydrogens (tertiary/aromatic N) is 1. The highest BCUT2D eigenvalue weighted by Crippen LogP contribution is 1.96. The molecule has 74 valence electrons. The third-order valence-corrected chi connectivity index (χ3v) is 1.83. The van der Waals surface area contributed by atoms with Crippen molar-refractivity contribution in [3.05, 3.63) is 53.5 Å². The molecule has 0 spiro atoms. The molecule has 0 aliphatic heterocycles. The van der Waals surface area contributed by atoms with Gasteiger partial charge >= 0.3 is 0 Å². The molecule has 0 fully saturated rings. The first-order valence-corrected chi connectivity index (χ1v) is 4.47. The van der Waals surface area contributed by atoms with Crippen molar-refractivity contribution < 1.29 is 0 Å². The van der Waals surface area contributed by atoms with Crippen LogP contribution in [0.1, 0.15) is 6.42 Å². The zero-order valence-electron chi connectivity index (χ0n) is 8.02. The molecule has 3 nitrogen and oxygen atoms in total. The Hall–Kier alpha value is -1.77. The van der Waals surface area contributed by atoms with Crippen LogP contribution in [0, 0.1) is 0 Å². The summed E-state index contributed by atoms with van der Waals surface area (Å²) in [5.41, 5.74) is 5.65. The molecule has 1 aromatic rings. The molecule has 0 radical (unpaired) electrons. The number of nitrogen functional groups attached to an aromatic ring is 1. The predicted octanol–water partition coefficient (Wildman–Crippen LogP) is 1.56. The van der Waals surface area contributed by atoms with Gasteiger partial charge in [0.2, 0.25) is 5.43 Å². The molecule has 1 heterocycles. The van der Waals surface area contributed by atoms with Crippen molar-refractivity contribution >= 4 is 5.69 Å². The van der Waals surface area contributed by atoms with E-state index in [-0.39, 0.29) is 5.43 Å². The largest absolute Gasteiger partial charge is 0.394 e. The molecule has 0 aromatic carbocycles. The molecule has 1 aromatic heterocycles. The van der Waals surface area contributed by atoms with Crippen LogP contribution in [-0.4, -0.2) is 4.57 Å². The van der Waals surface area contributed by atoms with Gasteiger partial charge in [0.25, 0.3) is 0 Å². The van der Waals surface area contributed by atoms with Gasteiger partial charge in [0.1, 0.15) is 0 Å². The molecule has 0 aliphatic rings. The van der Waals surface area contributed by atoms with Gasteiger partial charge in [-0.2, -0.15) is 0 Å². The van der Waals surface area contributed by atoms with Crippen LogP contribution in [0.2, 0.25) is 0 Å². The van der Waals surface area contributed by atoms with Crippen molar-refractivity contribution in [3.8, 4) is 0 Å². The van der Waals surface area contributed by atoms with E-state index in [0.717, 1.165) is 13.0 Å². The molecule has 0 saturated heterocycles. The summed E-state index contributed by atoms with van der Waals surface area (Å²) in [4.78, 5) is 11.0. The zero-order chi connectivity index (χ0) is 10.4. The van der Waals surface area contributed by atoms with Gasteiger partial charge in [0.15, 0.2) is 0 Å². The summed E-state index contributed by atoms with van der Waals surface area (Å²) < 4.78 is 1.89. The molecule has 1 rings (SSSR count). The van der Waals surface area contributed by atoms with Gasteiger partial charge in [0.05, 0.1) is 5.69 Å². The molecular weight excluding hydrogens is 176 g/mol. The fraction of sp³-hybridized carbons (Fsp3) is 0.182. The molecule has 0 saturated carbocycles. The minimum absolute atomic E-state index is 0.122. The summed E-state index contributed by atoms with van der Waals surface area (Å²) in [5, 5.41) is 0. The Morgan fingerprint density at radius 1 is 1.57 bits per heavy atom. The fourth-order valence-electron chi connectivity index (χ4n) is 1.10. The van der Waals surface area contributed by atoms with E-state index in [1.807, 2.05) is 16.7 Å². The van der Waals surface area contributed by atoms with E-state index in [9.17, 15) is 4.79 Å². The lowest BCUT2D eigenvalue weighted by Crippen LogP contribution is -2.10. The molecular formula is C11H14N2O. The topological polar surface area (TPSA) is 48.0 Å². The lowest BCUT2D eigenvalue weighted by Gasteiger charge is -2.03. The van der Waals surface area contributed by atoms with Crippen LogP contribution in [0.5, 0.6) is 0 Å². The number of anilines is 1. The summed E-state index contributed by atoms with van der Waals surface area (Å²) >= 11 is 0. The second-order valence-electron chi connectivity index (χ2n) is 2.95. The fourth-order valence-corrected chi connectivity index (χ4v) is 1.10. The standard InChI is InChI=1S/C11H14N2O/c1-2-3-4-5-7-13-8-6-11(14)10(12)9-13/h2-4,6,8-9H,1,5,7,12H2/b4-3+. The number of aryl methyl sites for hydroxylation is 1. The maximum atomic E-state index is 11.0. The first-order chi connectivity index (χ1) is 6.74. The van der Waals surface area contributed by atoms with Gasteiger partial charge in [-0.05, 0) is 6.42 Å². The highest BCUT2D eigenvalue weighted by Gasteiger charge is 1.93. The monoisotopic (exact) mass is 190 g/mol. The van der Waals surface area contributed by atoms with Crippen molar-refractivity contribution in [3.63, 3.8) is 0 Å². The maximum Gasteiger partial charge on any atom is 0.204 e. The van der Waals surface area contributed by atoms with Crippen LogP contribution in [-0.2, 0) is 6.54 Å². The molecule has 14 heavy (non-hydrogen) atoms. The summed E-state index contributed by atoms with van der Waals surface area (Å²) in [5.74, 6) is 0. The lowest BCUT2D eigenvalue weighted by atomic mass is 10.3. The van der Waals surface area contributed by atoms with Gasteiger partial charge < -0.3 is 10.3 Å². The Kier molecular flexibility index (Phi) is 3.73. The number of nitrogens with two attached hydrogens (primary N) is 1. The van der Waals surface area contributed by atoms with Gasteiger partial charge in [-0.1, -0.05) is 24.8 Å². The Labute approximate surface area is 83.2 Å².